The van der Waals surface area contributed by atoms with E-state index in [0.29, 0.717) is 5.56 Å². The Balaban J connectivity index is 3.22. The predicted molar refractivity (Wildman–Crippen MR) is 48.6 cm³/mol. The van der Waals surface area contributed by atoms with Crippen LogP contribution >= 0.6 is 11.6 Å². The highest BCUT2D eigenvalue weighted by Gasteiger charge is 2.11. The second-order valence-electron chi connectivity index (χ2n) is 2.69. The zero-order valence-electron chi connectivity index (χ0n) is 7.34. The fourth-order valence-corrected chi connectivity index (χ4v) is 1.16. The number of hydrogen-bond donors (Lipinski definition) is 1. The van der Waals surface area contributed by atoms with Gasteiger partial charge in [-0.2, -0.15) is 0 Å². The minimum atomic E-state index is -0.735. The number of rotatable bonds is 2. The second-order valence-corrected chi connectivity index (χ2v) is 3.07. The standard InChI is InChI=1S/C9H10ClFO2/c1-5(12)6-3-7(11)9(10)8(4-6)13-2/h3-5,12H,1-2H3. The summed E-state index contributed by atoms with van der Waals surface area (Å²) in [6.07, 6.45) is -0.735. The molecule has 1 aromatic rings. The third-order valence-electron chi connectivity index (χ3n) is 1.72. The normalized spacial score (nSPS) is 12.7. The third-order valence-corrected chi connectivity index (χ3v) is 2.09. The molecule has 0 heterocycles. The number of aliphatic hydroxyl groups excluding tert-OH is 1. The Kier molecular flexibility index (Phi) is 3.12. The Morgan fingerprint density at radius 2 is 2.15 bits per heavy atom. The lowest BCUT2D eigenvalue weighted by Gasteiger charge is -2.09. The van der Waals surface area contributed by atoms with E-state index in [9.17, 15) is 9.50 Å². The molecule has 1 unspecified atom stereocenters. The van der Waals surface area contributed by atoms with Gasteiger partial charge in [0.05, 0.1) is 13.2 Å². The van der Waals surface area contributed by atoms with Gasteiger partial charge in [0.2, 0.25) is 0 Å². The van der Waals surface area contributed by atoms with E-state index in [4.69, 9.17) is 16.3 Å². The summed E-state index contributed by atoms with van der Waals surface area (Å²) >= 11 is 5.59. The Morgan fingerprint density at radius 1 is 1.54 bits per heavy atom. The van der Waals surface area contributed by atoms with Crippen molar-refractivity contribution in [1.82, 2.24) is 0 Å². The first-order valence-electron chi connectivity index (χ1n) is 3.77. The van der Waals surface area contributed by atoms with Crippen LogP contribution in [0.15, 0.2) is 12.1 Å². The van der Waals surface area contributed by atoms with Crippen LogP contribution in [0.5, 0.6) is 5.75 Å². The van der Waals surface area contributed by atoms with Crippen LogP contribution in [0.4, 0.5) is 4.39 Å². The Bertz CT molecular complexity index is 313. The van der Waals surface area contributed by atoms with Crippen LogP contribution in [0.25, 0.3) is 0 Å². The molecular weight excluding hydrogens is 195 g/mol. The van der Waals surface area contributed by atoms with Gasteiger partial charge >= 0.3 is 0 Å². The van der Waals surface area contributed by atoms with Gasteiger partial charge in [-0.05, 0) is 24.6 Å². The minimum Gasteiger partial charge on any atom is -0.495 e. The first-order valence-corrected chi connectivity index (χ1v) is 4.15. The molecular formula is C9H10ClFO2. The molecule has 0 saturated carbocycles. The van der Waals surface area contributed by atoms with E-state index < -0.39 is 11.9 Å². The topological polar surface area (TPSA) is 29.5 Å². The number of hydrogen-bond acceptors (Lipinski definition) is 2. The number of aliphatic hydroxyl groups is 1. The van der Waals surface area contributed by atoms with Gasteiger partial charge in [0.1, 0.15) is 16.6 Å². The highest BCUT2D eigenvalue weighted by atomic mass is 35.5. The van der Waals surface area contributed by atoms with Crippen LogP contribution in [-0.2, 0) is 0 Å². The molecule has 1 atom stereocenters. The molecule has 0 aliphatic heterocycles. The van der Waals surface area contributed by atoms with Crippen molar-refractivity contribution >= 4 is 11.6 Å². The highest BCUT2D eigenvalue weighted by Crippen LogP contribution is 2.30. The first-order chi connectivity index (χ1) is 6.06. The molecule has 13 heavy (non-hydrogen) atoms. The summed E-state index contributed by atoms with van der Waals surface area (Å²) in [4.78, 5) is 0. The number of benzene rings is 1. The van der Waals surface area contributed by atoms with Crippen LogP contribution in [0.2, 0.25) is 5.02 Å². The zero-order valence-corrected chi connectivity index (χ0v) is 8.10. The van der Waals surface area contributed by atoms with Gasteiger partial charge in [-0.15, -0.1) is 0 Å². The summed E-state index contributed by atoms with van der Waals surface area (Å²) in [7, 11) is 1.40. The Hall–Kier alpha value is -0.800. The maximum Gasteiger partial charge on any atom is 0.145 e. The SMILES string of the molecule is COc1cc(C(C)O)cc(F)c1Cl. The third kappa shape index (κ3) is 2.11. The lowest BCUT2D eigenvalue weighted by atomic mass is 10.1. The average molecular weight is 205 g/mol. The number of methoxy groups -OCH3 is 1. The van der Waals surface area contributed by atoms with Gasteiger partial charge in [0.15, 0.2) is 0 Å². The molecule has 1 N–H and O–H groups in total. The molecule has 0 spiro atoms. The van der Waals surface area contributed by atoms with E-state index >= 15 is 0 Å². The van der Waals surface area contributed by atoms with Gasteiger partial charge < -0.3 is 9.84 Å². The first kappa shape index (κ1) is 10.3. The fraction of sp³-hybridized carbons (Fsp3) is 0.333. The quantitative estimate of drug-likeness (QED) is 0.802. The minimum absolute atomic E-state index is 0.0631. The van der Waals surface area contributed by atoms with Gasteiger partial charge in [-0.1, -0.05) is 11.6 Å². The monoisotopic (exact) mass is 204 g/mol. The van der Waals surface area contributed by atoms with Crippen LogP contribution in [0.1, 0.15) is 18.6 Å². The molecule has 0 aliphatic carbocycles. The van der Waals surface area contributed by atoms with Crippen molar-refractivity contribution in [3.63, 3.8) is 0 Å². The highest BCUT2D eigenvalue weighted by molar-refractivity contribution is 6.32. The molecule has 0 radical (unpaired) electrons. The van der Waals surface area contributed by atoms with E-state index in [1.165, 1.54) is 19.2 Å². The smallest absolute Gasteiger partial charge is 0.145 e. The lowest BCUT2D eigenvalue weighted by molar-refractivity contribution is 0.198. The molecule has 0 aliphatic rings. The van der Waals surface area contributed by atoms with Gasteiger partial charge in [-0.3, -0.25) is 0 Å². The summed E-state index contributed by atoms with van der Waals surface area (Å²) in [5.41, 5.74) is 0.443. The van der Waals surface area contributed by atoms with E-state index in [1.807, 2.05) is 0 Å². The Morgan fingerprint density at radius 3 is 2.62 bits per heavy atom. The van der Waals surface area contributed by atoms with Crippen LogP contribution < -0.4 is 4.74 Å². The second kappa shape index (κ2) is 3.94. The van der Waals surface area contributed by atoms with Gasteiger partial charge in [0, 0.05) is 0 Å². The summed E-state index contributed by atoms with van der Waals surface area (Å²) in [5, 5.41) is 9.13. The van der Waals surface area contributed by atoms with Crippen molar-refractivity contribution in [2.45, 2.75) is 13.0 Å². The maximum atomic E-state index is 13.1. The molecule has 0 saturated heterocycles. The fourth-order valence-electron chi connectivity index (χ4n) is 0.974. The van der Waals surface area contributed by atoms with E-state index in [1.54, 1.807) is 6.92 Å². The molecule has 4 heteroatoms. The summed E-state index contributed by atoms with van der Waals surface area (Å²) in [6.45, 7) is 1.54. The lowest BCUT2D eigenvalue weighted by Crippen LogP contribution is -1.95. The number of ether oxygens (including phenoxy) is 1. The molecule has 0 bridgehead atoms. The van der Waals surface area contributed by atoms with Gasteiger partial charge in [0.25, 0.3) is 0 Å². The molecule has 0 amide bonds. The zero-order chi connectivity index (χ0) is 10.0. The van der Waals surface area contributed by atoms with Crippen LogP contribution in [0.3, 0.4) is 0 Å². The van der Waals surface area contributed by atoms with Gasteiger partial charge in [-0.25, -0.2) is 4.39 Å². The number of halogens is 2. The molecule has 1 aromatic carbocycles. The van der Waals surface area contributed by atoms with E-state index in [0.717, 1.165) is 0 Å². The predicted octanol–water partition coefficient (Wildman–Crippen LogP) is 2.54. The van der Waals surface area contributed by atoms with Crippen LogP contribution in [0, 0.1) is 5.82 Å². The van der Waals surface area contributed by atoms with Crippen molar-refractivity contribution < 1.29 is 14.2 Å². The summed E-state index contributed by atoms with van der Waals surface area (Å²) in [6, 6.07) is 2.70. The molecule has 2 nitrogen and oxygen atoms in total. The van der Waals surface area contributed by atoms with Crippen molar-refractivity contribution in [2.75, 3.05) is 7.11 Å². The molecule has 72 valence electrons. The molecule has 1 rings (SSSR count). The summed E-state index contributed by atoms with van der Waals surface area (Å²) < 4.78 is 17.9. The molecule has 0 aromatic heterocycles. The average Bonchev–Trinajstić information content (AvgIpc) is 2.09. The molecule has 0 fully saturated rings. The van der Waals surface area contributed by atoms with Crippen molar-refractivity contribution in [1.29, 1.82) is 0 Å². The Labute approximate surface area is 80.9 Å². The van der Waals surface area contributed by atoms with Crippen molar-refractivity contribution in [2.24, 2.45) is 0 Å². The van der Waals surface area contributed by atoms with E-state index in [2.05, 4.69) is 0 Å². The van der Waals surface area contributed by atoms with E-state index in [-0.39, 0.29) is 10.8 Å². The van der Waals surface area contributed by atoms with Crippen LogP contribution in [-0.4, -0.2) is 12.2 Å². The van der Waals surface area contributed by atoms with Crippen molar-refractivity contribution in [3.05, 3.63) is 28.5 Å². The largest absolute Gasteiger partial charge is 0.495 e. The maximum absolute atomic E-state index is 13.1. The van der Waals surface area contributed by atoms with Crippen molar-refractivity contribution in [3.8, 4) is 5.75 Å². The summed E-state index contributed by atoms with van der Waals surface area (Å²) in [5.74, 6) is -0.352.